The minimum absolute atomic E-state index is 0.265. The van der Waals surface area contributed by atoms with Crippen molar-refractivity contribution in [2.24, 2.45) is 0 Å². The standard InChI is InChI=1S/C10H13BF3N/c1-11(2)15(3)9-6-4-8(5-7-9)10(12,13)14/h4-7H,1-3H3. The lowest BCUT2D eigenvalue weighted by Crippen LogP contribution is -2.29. The van der Waals surface area contributed by atoms with E-state index in [1.807, 2.05) is 25.5 Å². The van der Waals surface area contributed by atoms with Gasteiger partial charge < -0.3 is 4.81 Å². The Balaban J connectivity index is 2.91. The average Bonchev–Trinajstić information content (AvgIpc) is 2.15. The van der Waals surface area contributed by atoms with Gasteiger partial charge in [-0.3, -0.25) is 0 Å². The molecule has 0 aliphatic carbocycles. The Kier molecular flexibility index (Phi) is 3.32. The molecule has 1 rings (SSSR count). The van der Waals surface area contributed by atoms with Crippen LogP contribution in [0.3, 0.4) is 0 Å². The van der Waals surface area contributed by atoms with E-state index in [4.69, 9.17) is 0 Å². The normalized spacial score (nSPS) is 11.3. The summed E-state index contributed by atoms with van der Waals surface area (Å²) in [5.41, 5.74) is 0.182. The molecule has 5 heteroatoms. The van der Waals surface area contributed by atoms with Crippen LogP contribution in [0.5, 0.6) is 0 Å². The minimum atomic E-state index is -4.26. The number of benzene rings is 1. The highest BCUT2D eigenvalue weighted by molar-refractivity contribution is 6.60. The van der Waals surface area contributed by atoms with Crippen molar-refractivity contribution < 1.29 is 13.2 Å². The fourth-order valence-electron chi connectivity index (χ4n) is 1.18. The first-order chi connectivity index (χ1) is 6.82. The van der Waals surface area contributed by atoms with E-state index in [2.05, 4.69) is 0 Å². The maximum atomic E-state index is 12.3. The third-order valence-electron chi connectivity index (χ3n) is 2.38. The Morgan fingerprint density at radius 3 is 1.87 bits per heavy atom. The molecule has 0 fully saturated rings. The molecule has 0 unspecified atom stereocenters. The van der Waals surface area contributed by atoms with Crippen LogP contribution in [0, 0.1) is 0 Å². The van der Waals surface area contributed by atoms with E-state index in [-0.39, 0.29) is 6.85 Å². The van der Waals surface area contributed by atoms with Gasteiger partial charge in [-0.1, -0.05) is 13.6 Å². The molecule has 0 heterocycles. The lowest BCUT2D eigenvalue weighted by molar-refractivity contribution is -0.137. The van der Waals surface area contributed by atoms with Crippen molar-refractivity contribution in [3.63, 3.8) is 0 Å². The third-order valence-corrected chi connectivity index (χ3v) is 2.38. The van der Waals surface area contributed by atoms with Crippen LogP contribution in [0.15, 0.2) is 24.3 Å². The number of alkyl halides is 3. The van der Waals surface area contributed by atoms with Gasteiger partial charge >= 0.3 is 6.18 Å². The number of halogens is 3. The van der Waals surface area contributed by atoms with E-state index in [1.54, 1.807) is 0 Å². The van der Waals surface area contributed by atoms with Crippen LogP contribution < -0.4 is 4.81 Å². The smallest absolute Gasteiger partial charge is 0.416 e. The van der Waals surface area contributed by atoms with Crippen molar-refractivity contribution in [3.05, 3.63) is 29.8 Å². The largest absolute Gasteiger partial charge is 0.418 e. The Hall–Kier alpha value is -1.13. The molecule has 0 aliphatic rings. The van der Waals surface area contributed by atoms with Crippen LogP contribution in [-0.4, -0.2) is 13.9 Å². The summed E-state index contributed by atoms with van der Waals surface area (Å²) in [7, 11) is 1.85. The van der Waals surface area contributed by atoms with E-state index in [0.29, 0.717) is 0 Å². The molecule has 0 N–H and O–H groups in total. The van der Waals surface area contributed by atoms with Crippen LogP contribution in [-0.2, 0) is 6.18 Å². The average molecular weight is 215 g/mol. The van der Waals surface area contributed by atoms with Gasteiger partial charge in [0.15, 0.2) is 0 Å². The fourth-order valence-corrected chi connectivity index (χ4v) is 1.18. The summed E-state index contributed by atoms with van der Waals surface area (Å²) in [6.07, 6.45) is -4.26. The van der Waals surface area contributed by atoms with Crippen LogP contribution in [0.2, 0.25) is 13.6 Å². The molecule has 15 heavy (non-hydrogen) atoms. The molecule has 1 aromatic carbocycles. The zero-order chi connectivity index (χ0) is 11.6. The van der Waals surface area contributed by atoms with Gasteiger partial charge in [0.2, 0.25) is 6.85 Å². The molecule has 0 aliphatic heterocycles. The molecule has 0 atom stereocenters. The summed E-state index contributed by atoms with van der Waals surface area (Å²) in [6, 6.07) is 5.19. The summed E-state index contributed by atoms with van der Waals surface area (Å²) in [6.45, 7) is 4.23. The number of anilines is 1. The van der Waals surface area contributed by atoms with Crippen molar-refractivity contribution in [3.8, 4) is 0 Å². The lowest BCUT2D eigenvalue weighted by Gasteiger charge is -2.22. The first-order valence-corrected chi connectivity index (χ1v) is 4.72. The van der Waals surface area contributed by atoms with Crippen LogP contribution >= 0.6 is 0 Å². The van der Waals surface area contributed by atoms with Crippen molar-refractivity contribution in [2.45, 2.75) is 19.8 Å². The number of rotatable bonds is 2. The fraction of sp³-hybridized carbons (Fsp3) is 0.400. The Morgan fingerprint density at radius 1 is 1.07 bits per heavy atom. The Bertz CT molecular complexity index is 318. The van der Waals surface area contributed by atoms with Crippen molar-refractivity contribution in [1.29, 1.82) is 0 Å². The number of hydrogen-bond donors (Lipinski definition) is 0. The zero-order valence-corrected chi connectivity index (χ0v) is 8.97. The van der Waals surface area contributed by atoms with Crippen LogP contribution in [0.4, 0.5) is 18.9 Å². The highest BCUT2D eigenvalue weighted by Gasteiger charge is 2.30. The summed E-state index contributed by atoms with van der Waals surface area (Å²) >= 11 is 0. The number of nitrogens with zero attached hydrogens (tertiary/aromatic N) is 1. The van der Waals surface area contributed by atoms with Crippen molar-refractivity contribution >= 4 is 12.5 Å². The summed E-state index contributed by atoms with van der Waals surface area (Å²) < 4.78 is 36.8. The monoisotopic (exact) mass is 215 g/mol. The molecule has 0 amide bonds. The Morgan fingerprint density at radius 2 is 1.53 bits per heavy atom. The number of hydrogen-bond acceptors (Lipinski definition) is 1. The lowest BCUT2D eigenvalue weighted by atomic mass is 9.66. The first kappa shape index (κ1) is 11.9. The molecule has 1 nitrogen and oxygen atoms in total. The van der Waals surface area contributed by atoms with Crippen LogP contribution in [0.25, 0.3) is 0 Å². The van der Waals surface area contributed by atoms with E-state index in [1.165, 1.54) is 12.1 Å². The van der Waals surface area contributed by atoms with Crippen molar-refractivity contribution in [2.75, 3.05) is 11.9 Å². The second-order valence-electron chi connectivity index (χ2n) is 3.75. The van der Waals surface area contributed by atoms with Crippen LogP contribution in [0.1, 0.15) is 5.56 Å². The maximum Gasteiger partial charge on any atom is 0.416 e. The predicted octanol–water partition coefficient (Wildman–Crippen LogP) is 3.39. The summed E-state index contributed by atoms with van der Waals surface area (Å²) in [5, 5.41) is 0. The second-order valence-corrected chi connectivity index (χ2v) is 3.75. The SMILES string of the molecule is CB(C)N(C)c1ccc(C(F)(F)F)cc1. The second kappa shape index (κ2) is 4.17. The van der Waals surface area contributed by atoms with Gasteiger partial charge in [0, 0.05) is 5.69 Å². The van der Waals surface area contributed by atoms with Gasteiger partial charge in [0.25, 0.3) is 0 Å². The molecule has 0 aromatic heterocycles. The topological polar surface area (TPSA) is 3.24 Å². The van der Waals surface area contributed by atoms with Gasteiger partial charge in [-0.05, 0) is 31.3 Å². The van der Waals surface area contributed by atoms with E-state index in [9.17, 15) is 13.2 Å². The quantitative estimate of drug-likeness (QED) is 0.683. The van der Waals surface area contributed by atoms with Gasteiger partial charge in [-0.25, -0.2) is 0 Å². The van der Waals surface area contributed by atoms with E-state index in [0.717, 1.165) is 17.8 Å². The molecule has 0 spiro atoms. The highest BCUT2D eigenvalue weighted by Crippen LogP contribution is 2.30. The van der Waals surface area contributed by atoms with Gasteiger partial charge in [0.1, 0.15) is 0 Å². The van der Waals surface area contributed by atoms with E-state index < -0.39 is 11.7 Å². The molecular weight excluding hydrogens is 202 g/mol. The van der Waals surface area contributed by atoms with Gasteiger partial charge in [-0.15, -0.1) is 0 Å². The molecular formula is C10H13BF3N. The summed E-state index contributed by atoms with van der Waals surface area (Å²) in [4.78, 5) is 1.92. The van der Waals surface area contributed by atoms with Gasteiger partial charge in [-0.2, -0.15) is 13.2 Å². The maximum absolute atomic E-state index is 12.3. The highest BCUT2D eigenvalue weighted by atomic mass is 19.4. The van der Waals surface area contributed by atoms with Crippen molar-refractivity contribution in [1.82, 2.24) is 0 Å². The Labute approximate surface area is 88.0 Å². The van der Waals surface area contributed by atoms with E-state index >= 15 is 0 Å². The molecule has 1 aromatic rings. The van der Waals surface area contributed by atoms with Gasteiger partial charge in [0.05, 0.1) is 5.56 Å². The summed E-state index contributed by atoms with van der Waals surface area (Å²) in [5.74, 6) is 0. The molecule has 0 saturated heterocycles. The minimum Gasteiger partial charge on any atom is -0.418 e. The predicted molar refractivity (Wildman–Crippen MR) is 57.3 cm³/mol. The third kappa shape index (κ3) is 2.91. The molecule has 0 radical (unpaired) electrons. The molecule has 0 saturated carbocycles. The molecule has 0 bridgehead atoms. The first-order valence-electron chi connectivity index (χ1n) is 4.72. The zero-order valence-electron chi connectivity index (χ0n) is 8.97. The molecule has 82 valence electrons.